The van der Waals surface area contributed by atoms with Crippen molar-refractivity contribution in [2.45, 2.75) is 71.1 Å². The van der Waals surface area contributed by atoms with Crippen LogP contribution >= 0.6 is 0 Å². The van der Waals surface area contributed by atoms with E-state index >= 15 is 0 Å². The molecule has 0 radical (unpaired) electrons. The fraction of sp³-hybridized carbons (Fsp3) is 0.867. The molecule has 0 saturated carbocycles. The molecule has 2 fully saturated rings. The van der Waals surface area contributed by atoms with Crippen LogP contribution < -0.4 is 0 Å². The Hall–Kier alpha value is -1.26. The van der Waals surface area contributed by atoms with Crippen molar-refractivity contribution in [3.63, 3.8) is 0 Å². The van der Waals surface area contributed by atoms with Crippen molar-refractivity contribution in [2.75, 3.05) is 13.1 Å². The molecular formula is C15H26N2O3. The molecule has 20 heavy (non-hydrogen) atoms. The van der Waals surface area contributed by atoms with Gasteiger partial charge in [0, 0.05) is 31.6 Å². The maximum Gasteiger partial charge on any atom is 0.410 e. The van der Waals surface area contributed by atoms with Crippen molar-refractivity contribution >= 4 is 12.0 Å². The molecule has 5 heteroatoms. The second-order valence-corrected chi connectivity index (χ2v) is 6.91. The van der Waals surface area contributed by atoms with Crippen LogP contribution in [0.5, 0.6) is 0 Å². The van der Waals surface area contributed by atoms with E-state index in [1.165, 1.54) is 0 Å². The van der Waals surface area contributed by atoms with E-state index in [1.54, 1.807) is 4.90 Å². The Morgan fingerprint density at radius 3 is 2.55 bits per heavy atom. The summed E-state index contributed by atoms with van der Waals surface area (Å²) in [5.41, 5.74) is -0.471. The van der Waals surface area contributed by atoms with Gasteiger partial charge in [-0.05, 0) is 47.0 Å². The fourth-order valence-electron chi connectivity index (χ4n) is 3.08. The van der Waals surface area contributed by atoms with Crippen molar-refractivity contribution < 1.29 is 14.3 Å². The van der Waals surface area contributed by atoms with Crippen LogP contribution in [0.2, 0.25) is 0 Å². The Labute approximate surface area is 121 Å². The lowest BCUT2D eigenvalue weighted by Gasteiger charge is -2.39. The average molecular weight is 282 g/mol. The third-order valence-corrected chi connectivity index (χ3v) is 3.98. The monoisotopic (exact) mass is 282 g/mol. The zero-order chi connectivity index (χ0) is 14.9. The number of piperidine rings is 1. The van der Waals surface area contributed by atoms with Crippen LogP contribution in [-0.4, -0.2) is 52.6 Å². The van der Waals surface area contributed by atoms with Gasteiger partial charge in [-0.1, -0.05) is 0 Å². The van der Waals surface area contributed by atoms with Gasteiger partial charge in [-0.3, -0.25) is 4.79 Å². The van der Waals surface area contributed by atoms with Gasteiger partial charge < -0.3 is 14.5 Å². The van der Waals surface area contributed by atoms with Gasteiger partial charge >= 0.3 is 6.09 Å². The van der Waals surface area contributed by atoms with Crippen molar-refractivity contribution in [3.05, 3.63) is 0 Å². The molecule has 2 unspecified atom stereocenters. The summed E-state index contributed by atoms with van der Waals surface area (Å²) in [4.78, 5) is 27.8. The van der Waals surface area contributed by atoms with Gasteiger partial charge in [-0.2, -0.15) is 0 Å². The van der Waals surface area contributed by atoms with E-state index in [1.807, 2.05) is 25.7 Å². The largest absolute Gasteiger partial charge is 0.444 e. The molecule has 2 rings (SSSR count). The van der Waals surface area contributed by atoms with E-state index in [0.717, 1.165) is 25.8 Å². The van der Waals surface area contributed by atoms with Gasteiger partial charge in [0.05, 0.1) is 0 Å². The smallest absolute Gasteiger partial charge is 0.410 e. The first kappa shape index (κ1) is 15.1. The molecule has 2 heterocycles. The van der Waals surface area contributed by atoms with Crippen molar-refractivity contribution in [3.8, 4) is 0 Å². The number of ether oxygens (including phenoxy) is 1. The summed E-state index contributed by atoms with van der Waals surface area (Å²) in [7, 11) is 0. The Kier molecular flexibility index (Phi) is 4.25. The standard InChI is InChI=1S/C15H26N2O3/c1-11-7-8-13(18)17(11)12-6-5-9-16(10-12)14(19)20-15(2,3)4/h11-12H,5-10H2,1-4H3. The SMILES string of the molecule is CC1CCC(=O)N1C1CCCN(C(=O)OC(C)(C)C)C1. The second-order valence-electron chi connectivity index (χ2n) is 6.91. The zero-order valence-electron chi connectivity index (χ0n) is 13.0. The maximum absolute atomic E-state index is 12.1. The molecule has 2 amide bonds. The number of nitrogens with zero attached hydrogens (tertiary/aromatic N) is 2. The Morgan fingerprint density at radius 2 is 2.00 bits per heavy atom. The predicted molar refractivity (Wildman–Crippen MR) is 76.4 cm³/mol. The van der Waals surface area contributed by atoms with Crippen LogP contribution in [0.4, 0.5) is 4.79 Å². The van der Waals surface area contributed by atoms with Crippen LogP contribution in [0.15, 0.2) is 0 Å². The highest BCUT2D eigenvalue weighted by atomic mass is 16.6. The molecule has 0 bridgehead atoms. The van der Waals surface area contributed by atoms with Gasteiger partial charge in [0.1, 0.15) is 5.60 Å². The van der Waals surface area contributed by atoms with Crippen molar-refractivity contribution in [2.24, 2.45) is 0 Å². The van der Waals surface area contributed by atoms with E-state index in [9.17, 15) is 9.59 Å². The third-order valence-electron chi connectivity index (χ3n) is 3.98. The first-order chi connectivity index (χ1) is 9.28. The fourth-order valence-corrected chi connectivity index (χ4v) is 3.08. The van der Waals surface area contributed by atoms with Crippen LogP contribution in [0, 0.1) is 0 Å². The predicted octanol–water partition coefficient (Wildman–Crippen LogP) is 2.40. The lowest BCUT2D eigenvalue weighted by Crippen LogP contribution is -2.52. The maximum atomic E-state index is 12.1. The summed E-state index contributed by atoms with van der Waals surface area (Å²) in [6, 6.07) is 0.451. The van der Waals surface area contributed by atoms with E-state index in [2.05, 4.69) is 6.92 Å². The topological polar surface area (TPSA) is 49.9 Å². The molecular weight excluding hydrogens is 256 g/mol. The second kappa shape index (κ2) is 5.62. The molecule has 0 spiro atoms. The highest BCUT2D eigenvalue weighted by Gasteiger charge is 2.37. The van der Waals surface area contributed by atoms with Gasteiger partial charge in [-0.15, -0.1) is 0 Å². The van der Waals surface area contributed by atoms with Gasteiger partial charge in [0.25, 0.3) is 0 Å². The molecule has 0 N–H and O–H groups in total. The molecule has 2 atom stereocenters. The molecule has 2 saturated heterocycles. The first-order valence-electron chi connectivity index (χ1n) is 7.57. The number of hydrogen-bond acceptors (Lipinski definition) is 3. The zero-order valence-corrected chi connectivity index (χ0v) is 13.0. The summed E-state index contributed by atoms with van der Waals surface area (Å²) in [5.74, 6) is 0.230. The summed E-state index contributed by atoms with van der Waals surface area (Å²) in [5, 5.41) is 0. The Bertz CT molecular complexity index is 389. The Balaban J connectivity index is 1.98. The molecule has 0 aromatic rings. The van der Waals surface area contributed by atoms with Crippen molar-refractivity contribution in [1.29, 1.82) is 0 Å². The number of hydrogen-bond donors (Lipinski definition) is 0. The molecule has 0 aromatic heterocycles. The van der Waals surface area contributed by atoms with E-state index in [4.69, 9.17) is 4.74 Å². The summed E-state index contributed by atoms with van der Waals surface area (Å²) >= 11 is 0. The third kappa shape index (κ3) is 3.44. The number of rotatable bonds is 1. The molecule has 2 aliphatic heterocycles. The lowest BCUT2D eigenvalue weighted by molar-refractivity contribution is -0.132. The van der Waals surface area contributed by atoms with Gasteiger partial charge in [0.15, 0.2) is 0 Å². The summed E-state index contributed by atoms with van der Waals surface area (Å²) in [6.07, 6.45) is 3.23. The van der Waals surface area contributed by atoms with E-state index in [0.29, 0.717) is 19.0 Å². The number of amides is 2. The lowest BCUT2D eigenvalue weighted by atomic mass is 10.0. The van der Waals surface area contributed by atoms with Gasteiger partial charge in [-0.25, -0.2) is 4.79 Å². The van der Waals surface area contributed by atoms with Crippen LogP contribution in [0.1, 0.15) is 53.4 Å². The van der Waals surface area contributed by atoms with Crippen LogP contribution in [0.25, 0.3) is 0 Å². The molecule has 5 nitrogen and oxygen atoms in total. The number of carbonyl (C=O) groups excluding carboxylic acids is 2. The molecule has 0 aliphatic carbocycles. The van der Waals surface area contributed by atoms with E-state index < -0.39 is 5.60 Å². The summed E-state index contributed by atoms with van der Waals surface area (Å²) < 4.78 is 5.43. The average Bonchev–Trinajstić information content (AvgIpc) is 2.67. The minimum Gasteiger partial charge on any atom is -0.444 e. The Morgan fingerprint density at radius 1 is 1.30 bits per heavy atom. The van der Waals surface area contributed by atoms with Crippen LogP contribution in [0.3, 0.4) is 0 Å². The van der Waals surface area contributed by atoms with Gasteiger partial charge in [0.2, 0.25) is 5.91 Å². The highest BCUT2D eigenvalue weighted by molar-refractivity contribution is 5.79. The minimum absolute atomic E-state index is 0.154. The van der Waals surface area contributed by atoms with E-state index in [-0.39, 0.29) is 18.0 Å². The number of likely N-dealkylation sites (tertiary alicyclic amines) is 2. The molecule has 0 aromatic carbocycles. The molecule has 2 aliphatic rings. The highest BCUT2D eigenvalue weighted by Crippen LogP contribution is 2.26. The summed E-state index contributed by atoms with van der Waals surface area (Å²) in [6.45, 7) is 9.04. The van der Waals surface area contributed by atoms with Crippen LogP contribution in [-0.2, 0) is 9.53 Å². The van der Waals surface area contributed by atoms with Crippen molar-refractivity contribution in [1.82, 2.24) is 9.80 Å². The quantitative estimate of drug-likeness (QED) is 0.742. The normalized spacial score (nSPS) is 27.9. The minimum atomic E-state index is -0.471. The molecule has 114 valence electrons. The first-order valence-corrected chi connectivity index (χ1v) is 7.57. The number of carbonyl (C=O) groups is 2.